The minimum Gasteiger partial charge on any atom is -0.365 e. The van der Waals surface area contributed by atoms with Gasteiger partial charge in [-0.2, -0.15) is 0 Å². The highest BCUT2D eigenvalue weighted by molar-refractivity contribution is 7.12. The molecule has 0 saturated carbocycles. The van der Waals surface area contributed by atoms with Gasteiger partial charge < -0.3 is 5.32 Å². The average Bonchev–Trinajstić information content (AvgIpc) is 2.66. The smallest absolute Gasteiger partial charge is 0.134 e. The first-order chi connectivity index (χ1) is 9.08. The zero-order valence-corrected chi connectivity index (χ0v) is 13.0. The topological polar surface area (TPSA) is 37.8 Å². The molecule has 2 aromatic rings. The Morgan fingerprint density at radius 3 is 2.68 bits per heavy atom. The van der Waals surface area contributed by atoms with Crippen molar-refractivity contribution in [2.75, 3.05) is 5.32 Å². The number of nitrogens with one attached hydrogen (secondary N) is 1. The van der Waals surface area contributed by atoms with Gasteiger partial charge in [0.25, 0.3) is 0 Å². The van der Waals surface area contributed by atoms with Crippen LogP contribution in [0.4, 0.5) is 5.82 Å². The van der Waals surface area contributed by atoms with Gasteiger partial charge in [-0.05, 0) is 31.9 Å². The van der Waals surface area contributed by atoms with Crippen molar-refractivity contribution in [3.63, 3.8) is 0 Å². The molecule has 0 aliphatic heterocycles. The highest BCUT2D eigenvalue weighted by Crippen LogP contribution is 2.22. The number of hydrogen-bond donors (Lipinski definition) is 1. The maximum Gasteiger partial charge on any atom is 0.134 e. The number of hydrogen-bond acceptors (Lipinski definition) is 4. The maximum absolute atomic E-state index is 6.01. The van der Waals surface area contributed by atoms with Crippen LogP contribution in [0.25, 0.3) is 0 Å². The van der Waals surface area contributed by atoms with Crippen molar-refractivity contribution >= 4 is 28.8 Å². The highest BCUT2D eigenvalue weighted by Gasteiger charge is 2.05. The van der Waals surface area contributed by atoms with Crippen molar-refractivity contribution in [2.45, 2.75) is 40.2 Å². The zero-order chi connectivity index (χ0) is 13.8. The van der Waals surface area contributed by atoms with Crippen LogP contribution in [-0.4, -0.2) is 9.97 Å². The van der Waals surface area contributed by atoms with Crippen LogP contribution in [-0.2, 0) is 13.0 Å². The van der Waals surface area contributed by atoms with E-state index in [2.05, 4.69) is 42.1 Å². The van der Waals surface area contributed by atoms with Crippen LogP contribution in [0.5, 0.6) is 0 Å². The van der Waals surface area contributed by atoms with Gasteiger partial charge in [0.2, 0.25) is 0 Å². The second-order valence-corrected chi connectivity index (χ2v) is 6.28. The van der Waals surface area contributed by atoms with E-state index in [0.29, 0.717) is 5.15 Å². The third kappa shape index (κ3) is 3.91. The van der Waals surface area contributed by atoms with Crippen molar-refractivity contribution < 1.29 is 0 Å². The Bertz CT molecular complexity index is 546. The lowest BCUT2D eigenvalue weighted by molar-refractivity contribution is 0.834. The van der Waals surface area contributed by atoms with Crippen LogP contribution < -0.4 is 5.32 Å². The van der Waals surface area contributed by atoms with Crippen LogP contribution >= 0.6 is 22.9 Å². The normalized spacial score (nSPS) is 10.7. The van der Waals surface area contributed by atoms with Crippen LogP contribution in [0.1, 0.15) is 34.5 Å². The fourth-order valence-corrected chi connectivity index (χ4v) is 3.00. The fraction of sp³-hybridized carbons (Fsp3) is 0.429. The second kappa shape index (κ2) is 6.35. The van der Waals surface area contributed by atoms with Gasteiger partial charge in [-0.25, -0.2) is 9.97 Å². The van der Waals surface area contributed by atoms with E-state index in [1.165, 1.54) is 15.3 Å². The number of aromatic nitrogens is 2. The van der Waals surface area contributed by atoms with Crippen molar-refractivity contribution in [1.82, 2.24) is 9.97 Å². The fourth-order valence-electron chi connectivity index (χ4n) is 1.81. The van der Waals surface area contributed by atoms with Crippen LogP contribution in [0.2, 0.25) is 5.15 Å². The van der Waals surface area contributed by atoms with E-state index in [-0.39, 0.29) is 0 Å². The Morgan fingerprint density at radius 1 is 1.26 bits per heavy atom. The molecular weight excluding hydrogens is 278 g/mol. The largest absolute Gasteiger partial charge is 0.365 e. The predicted octanol–water partition coefficient (Wildman–Crippen LogP) is 4.37. The Kier molecular flexibility index (Phi) is 4.77. The molecule has 2 heterocycles. The van der Waals surface area contributed by atoms with Crippen molar-refractivity contribution in [1.29, 1.82) is 0 Å². The van der Waals surface area contributed by atoms with Gasteiger partial charge in [-0.15, -0.1) is 11.3 Å². The molecule has 102 valence electrons. The molecule has 0 spiro atoms. The molecule has 5 heteroatoms. The minimum atomic E-state index is 0.500. The molecule has 0 fully saturated rings. The lowest BCUT2D eigenvalue weighted by Gasteiger charge is -2.06. The maximum atomic E-state index is 6.01. The van der Waals surface area contributed by atoms with E-state index in [9.17, 15) is 0 Å². The molecule has 19 heavy (non-hydrogen) atoms. The molecule has 0 saturated heterocycles. The van der Waals surface area contributed by atoms with Crippen molar-refractivity contribution in [3.8, 4) is 0 Å². The van der Waals surface area contributed by atoms with Gasteiger partial charge in [0, 0.05) is 22.2 Å². The summed E-state index contributed by atoms with van der Waals surface area (Å²) >= 11 is 7.82. The molecule has 0 atom stereocenters. The molecule has 1 N–H and O–H groups in total. The molecule has 2 rings (SSSR count). The van der Waals surface area contributed by atoms with Gasteiger partial charge in [0.15, 0.2) is 0 Å². The molecule has 0 aliphatic carbocycles. The van der Waals surface area contributed by atoms with Crippen LogP contribution in [0.15, 0.2) is 12.1 Å². The number of anilines is 1. The lowest BCUT2D eigenvalue weighted by Crippen LogP contribution is -2.03. The summed E-state index contributed by atoms with van der Waals surface area (Å²) in [6.07, 6.45) is 1.87. The number of halogens is 1. The first-order valence-corrected chi connectivity index (χ1v) is 7.61. The summed E-state index contributed by atoms with van der Waals surface area (Å²) in [5, 5.41) is 3.82. The first-order valence-electron chi connectivity index (χ1n) is 6.41. The van der Waals surface area contributed by atoms with Gasteiger partial charge in [-0.3, -0.25) is 0 Å². The van der Waals surface area contributed by atoms with Gasteiger partial charge >= 0.3 is 0 Å². The van der Waals surface area contributed by atoms with Crippen molar-refractivity contribution in [3.05, 3.63) is 38.4 Å². The van der Waals surface area contributed by atoms with Gasteiger partial charge in [-0.1, -0.05) is 18.5 Å². The molecule has 0 unspecified atom stereocenters. The number of nitrogens with zero attached hydrogens (tertiary/aromatic N) is 2. The third-order valence-corrected chi connectivity index (χ3v) is 4.22. The van der Waals surface area contributed by atoms with E-state index in [1.807, 2.05) is 11.3 Å². The zero-order valence-electron chi connectivity index (χ0n) is 11.5. The number of rotatable bonds is 5. The number of thiophene rings is 1. The molecule has 0 aliphatic rings. The summed E-state index contributed by atoms with van der Waals surface area (Å²) in [5.74, 6) is 1.60. The summed E-state index contributed by atoms with van der Waals surface area (Å²) in [4.78, 5) is 11.4. The molecular formula is C14H18ClN3S. The number of aryl methyl sites for hydroxylation is 3. The Balaban J connectivity index is 2.06. The average molecular weight is 296 g/mol. The second-order valence-electron chi connectivity index (χ2n) is 4.55. The van der Waals surface area contributed by atoms with E-state index < -0.39 is 0 Å². The van der Waals surface area contributed by atoms with Gasteiger partial charge in [0.05, 0.1) is 6.54 Å². The lowest BCUT2D eigenvalue weighted by atomic mass is 10.3. The summed E-state index contributed by atoms with van der Waals surface area (Å²) in [7, 11) is 0. The summed E-state index contributed by atoms with van der Waals surface area (Å²) < 4.78 is 0. The van der Waals surface area contributed by atoms with E-state index in [4.69, 9.17) is 11.6 Å². The molecule has 0 amide bonds. The first kappa shape index (κ1) is 14.3. The molecule has 2 aromatic heterocycles. The molecule has 0 aromatic carbocycles. The van der Waals surface area contributed by atoms with E-state index in [0.717, 1.165) is 31.0 Å². The Morgan fingerprint density at radius 2 is 2.05 bits per heavy atom. The highest BCUT2D eigenvalue weighted by atomic mass is 35.5. The third-order valence-electron chi connectivity index (χ3n) is 2.88. The molecule has 0 bridgehead atoms. The predicted molar refractivity (Wildman–Crippen MR) is 82.2 cm³/mol. The Hall–Kier alpha value is -1.13. The summed E-state index contributed by atoms with van der Waals surface area (Å²) in [6, 6.07) is 3.98. The summed E-state index contributed by atoms with van der Waals surface area (Å²) in [6.45, 7) is 7.16. The van der Waals surface area contributed by atoms with Crippen LogP contribution in [0.3, 0.4) is 0 Å². The molecule has 3 nitrogen and oxygen atoms in total. The van der Waals surface area contributed by atoms with Crippen LogP contribution in [0, 0.1) is 13.8 Å². The monoisotopic (exact) mass is 295 g/mol. The summed E-state index contributed by atoms with van der Waals surface area (Å²) in [5.41, 5.74) is 1.34. The minimum absolute atomic E-state index is 0.500. The van der Waals surface area contributed by atoms with E-state index in [1.54, 1.807) is 6.07 Å². The quantitative estimate of drug-likeness (QED) is 0.832. The molecule has 0 radical (unpaired) electrons. The SMILES string of the molecule is CCCc1nc(Cl)cc(NCc2cc(C)c(C)s2)n1. The Labute approximate surface area is 123 Å². The van der Waals surface area contributed by atoms with Gasteiger partial charge in [0.1, 0.15) is 16.8 Å². The van der Waals surface area contributed by atoms with Crippen molar-refractivity contribution in [2.24, 2.45) is 0 Å². The van der Waals surface area contributed by atoms with E-state index >= 15 is 0 Å². The standard InChI is InChI=1S/C14H18ClN3S/c1-4-5-13-17-12(15)7-14(18-13)16-8-11-6-9(2)10(3)19-11/h6-7H,4-5,8H2,1-3H3,(H,16,17,18).